The molecular formula is C17H27NO3. The van der Waals surface area contributed by atoms with Crippen LogP contribution in [0.1, 0.15) is 45.7 Å². The van der Waals surface area contributed by atoms with Gasteiger partial charge < -0.3 is 14.7 Å². The van der Waals surface area contributed by atoms with Crippen molar-refractivity contribution in [3.8, 4) is 0 Å². The average molecular weight is 293 g/mol. The van der Waals surface area contributed by atoms with E-state index in [1.54, 1.807) is 18.7 Å². The summed E-state index contributed by atoms with van der Waals surface area (Å²) < 4.78 is 5.42. The van der Waals surface area contributed by atoms with Crippen LogP contribution in [0.5, 0.6) is 0 Å². The van der Waals surface area contributed by atoms with E-state index in [2.05, 4.69) is 0 Å². The smallest absolute Gasteiger partial charge is 0.410 e. The molecule has 1 amide bonds. The summed E-state index contributed by atoms with van der Waals surface area (Å²) in [7, 11) is 0. The van der Waals surface area contributed by atoms with Crippen LogP contribution in [-0.4, -0.2) is 33.8 Å². The van der Waals surface area contributed by atoms with Crippen LogP contribution in [0.3, 0.4) is 0 Å². The third-order valence-electron chi connectivity index (χ3n) is 2.69. The average Bonchev–Trinajstić information content (AvgIpc) is 2.23. The second-order valence-corrected chi connectivity index (χ2v) is 7.14. The number of aliphatic hydroxyl groups is 1. The van der Waals surface area contributed by atoms with Crippen molar-refractivity contribution in [3.05, 3.63) is 35.4 Å². The lowest BCUT2D eigenvalue weighted by molar-refractivity contribution is -0.00548. The van der Waals surface area contributed by atoms with Crippen LogP contribution >= 0.6 is 0 Å². The molecule has 1 aromatic carbocycles. The van der Waals surface area contributed by atoms with E-state index >= 15 is 0 Å². The van der Waals surface area contributed by atoms with E-state index in [9.17, 15) is 9.90 Å². The highest BCUT2D eigenvalue weighted by molar-refractivity contribution is 5.68. The zero-order valence-corrected chi connectivity index (χ0v) is 13.9. The number of amides is 1. The van der Waals surface area contributed by atoms with E-state index in [0.29, 0.717) is 6.54 Å². The van der Waals surface area contributed by atoms with Crippen molar-refractivity contribution in [2.24, 2.45) is 0 Å². The zero-order valence-electron chi connectivity index (χ0n) is 13.9. The molecule has 0 heterocycles. The normalized spacial score (nSPS) is 12.1. The van der Waals surface area contributed by atoms with Gasteiger partial charge in [-0.3, -0.25) is 0 Å². The largest absolute Gasteiger partial charge is 0.444 e. The van der Waals surface area contributed by atoms with Crippen molar-refractivity contribution in [1.82, 2.24) is 4.90 Å². The van der Waals surface area contributed by atoms with Crippen LogP contribution in [0.15, 0.2) is 24.3 Å². The Balaban J connectivity index is 2.89. The predicted molar refractivity (Wildman–Crippen MR) is 84.1 cm³/mol. The first kappa shape index (κ1) is 17.5. The van der Waals surface area contributed by atoms with Gasteiger partial charge in [-0.25, -0.2) is 4.79 Å². The maximum Gasteiger partial charge on any atom is 0.410 e. The molecule has 0 atom stereocenters. The van der Waals surface area contributed by atoms with Gasteiger partial charge in [-0.05, 0) is 47.1 Å². The Hall–Kier alpha value is -1.55. The molecule has 1 aromatic rings. The molecule has 0 saturated heterocycles. The Morgan fingerprint density at radius 2 is 1.86 bits per heavy atom. The third kappa shape index (κ3) is 7.14. The first-order valence-corrected chi connectivity index (χ1v) is 7.22. The molecule has 0 aliphatic carbocycles. The summed E-state index contributed by atoms with van der Waals surface area (Å²) in [6.45, 7) is 11.5. The van der Waals surface area contributed by atoms with E-state index in [-0.39, 0.29) is 6.54 Å². The van der Waals surface area contributed by atoms with Crippen LogP contribution < -0.4 is 0 Å². The van der Waals surface area contributed by atoms with Gasteiger partial charge in [0.05, 0.1) is 12.1 Å². The Morgan fingerprint density at radius 1 is 1.24 bits per heavy atom. The zero-order chi connectivity index (χ0) is 16.3. The number of ether oxygens (including phenoxy) is 1. The number of benzene rings is 1. The minimum atomic E-state index is -0.971. The Bertz CT molecular complexity index is 484. The molecule has 0 aromatic heterocycles. The van der Waals surface area contributed by atoms with Gasteiger partial charge in [0.25, 0.3) is 0 Å². The van der Waals surface area contributed by atoms with E-state index in [1.807, 2.05) is 52.0 Å². The minimum absolute atomic E-state index is 0.218. The molecule has 4 heteroatoms. The number of carbonyl (C=O) groups is 1. The van der Waals surface area contributed by atoms with Gasteiger partial charge in [0, 0.05) is 6.54 Å². The summed E-state index contributed by atoms with van der Waals surface area (Å²) in [5, 5.41) is 10.0. The van der Waals surface area contributed by atoms with Gasteiger partial charge in [-0.2, -0.15) is 0 Å². The molecule has 118 valence electrons. The fraction of sp³-hybridized carbons (Fsp3) is 0.588. The summed E-state index contributed by atoms with van der Waals surface area (Å²) in [5.74, 6) is 0. The molecule has 21 heavy (non-hydrogen) atoms. The molecule has 4 nitrogen and oxygen atoms in total. The molecule has 0 aliphatic heterocycles. The van der Waals surface area contributed by atoms with Crippen LogP contribution in [0.25, 0.3) is 0 Å². The Kier molecular flexibility index (Phi) is 5.40. The van der Waals surface area contributed by atoms with Crippen LogP contribution in [-0.2, 0) is 11.3 Å². The number of aryl methyl sites for hydroxylation is 1. The van der Waals surface area contributed by atoms with Crippen LogP contribution in [0.2, 0.25) is 0 Å². The second kappa shape index (κ2) is 6.48. The van der Waals surface area contributed by atoms with E-state index in [1.165, 1.54) is 0 Å². The second-order valence-electron chi connectivity index (χ2n) is 7.14. The van der Waals surface area contributed by atoms with Gasteiger partial charge in [0.2, 0.25) is 0 Å². The highest BCUT2D eigenvalue weighted by atomic mass is 16.6. The first-order valence-electron chi connectivity index (χ1n) is 7.22. The summed E-state index contributed by atoms with van der Waals surface area (Å²) in [5.41, 5.74) is 0.632. The standard InChI is InChI=1S/C17H27NO3/c1-13-8-7-9-14(10-13)11-18(12-17(5,6)20)15(19)21-16(2,3)4/h7-10,20H,11-12H2,1-6H3. The van der Waals surface area contributed by atoms with Gasteiger partial charge in [0.1, 0.15) is 5.60 Å². The van der Waals surface area contributed by atoms with Gasteiger partial charge in [-0.15, -0.1) is 0 Å². The number of hydrogen-bond donors (Lipinski definition) is 1. The van der Waals surface area contributed by atoms with Crippen LogP contribution in [0, 0.1) is 6.92 Å². The minimum Gasteiger partial charge on any atom is -0.444 e. The number of rotatable bonds is 4. The van der Waals surface area contributed by atoms with Crippen molar-refractivity contribution < 1.29 is 14.6 Å². The van der Waals surface area contributed by atoms with E-state index in [4.69, 9.17) is 4.74 Å². The monoisotopic (exact) mass is 293 g/mol. The number of nitrogens with zero attached hydrogens (tertiary/aromatic N) is 1. The lowest BCUT2D eigenvalue weighted by Gasteiger charge is -2.31. The summed E-state index contributed by atoms with van der Waals surface area (Å²) >= 11 is 0. The van der Waals surface area contributed by atoms with Crippen molar-refractivity contribution in [1.29, 1.82) is 0 Å². The first-order chi connectivity index (χ1) is 9.46. The molecule has 0 radical (unpaired) electrons. The topological polar surface area (TPSA) is 49.8 Å². The fourth-order valence-electron chi connectivity index (χ4n) is 2.01. The van der Waals surface area contributed by atoms with Crippen molar-refractivity contribution in [2.45, 2.75) is 59.3 Å². The molecule has 0 spiro atoms. The quantitative estimate of drug-likeness (QED) is 0.924. The molecule has 0 unspecified atom stereocenters. The lowest BCUT2D eigenvalue weighted by atomic mass is 10.1. The third-order valence-corrected chi connectivity index (χ3v) is 2.69. The maximum atomic E-state index is 12.3. The molecule has 1 N–H and O–H groups in total. The Morgan fingerprint density at radius 3 is 2.33 bits per heavy atom. The molecule has 0 fully saturated rings. The summed E-state index contributed by atoms with van der Waals surface area (Å²) in [6.07, 6.45) is -0.411. The summed E-state index contributed by atoms with van der Waals surface area (Å²) in [6, 6.07) is 7.97. The lowest BCUT2D eigenvalue weighted by Crippen LogP contribution is -2.44. The summed E-state index contributed by atoms with van der Waals surface area (Å²) in [4.78, 5) is 13.9. The van der Waals surface area contributed by atoms with Crippen molar-refractivity contribution >= 4 is 6.09 Å². The highest BCUT2D eigenvalue weighted by Crippen LogP contribution is 2.16. The van der Waals surface area contributed by atoms with Crippen molar-refractivity contribution in [3.63, 3.8) is 0 Å². The molecule has 0 aliphatic rings. The number of hydrogen-bond acceptors (Lipinski definition) is 3. The van der Waals surface area contributed by atoms with Gasteiger partial charge in [0.15, 0.2) is 0 Å². The van der Waals surface area contributed by atoms with Crippen LogP contribution in [0.4, 0.5) is 4.79 Å². The fourth-order valence-corrected chi connectivity index (χ4v) is 2.01. The molecule has 0 saturated carbocycles. The molecule has 0 bridgehead atoms. The van der Waals surface area contributed by atoms with Crippen molar-refractivity contribution in [2.75, 3.05) is 6.54 Å². The number of carbonyl (C=O) groups excluding carboxylic acids is 1. The van der Waals surface area contributed by atoms with E-state index < -0.39 is 17.3 Å². The SMILES string of the molecule is Cc1cccc(CN(CC(C)(C)O)C(=O)OC(C)(C)C)c1. The van der Waals surface area contributed by atoms with Gasteiger partial charge >= 0.3 is 6.09 Å². The molecule has 1 rings (SSSR count). The predicted octanol–water partition coefficient (Wildman–Crippen LogP) is 3.50. The highest BCUT2D eigenvalue weighted by Gasteiger charge is 2.27. The maximum absolute atomic E-state index is 12.3. The van der Waals surface area contributed by atoms with Gasteiger partial charge in [-0.1, -0.05) is 29.8 Å². The molecular weight excluding hydrogens is 266 g/mol. The Labute approximate surface area is 127 Å². The van der Waals surface area contributed by atoms with E-state index in [0.717, 1.165) is 11.1 Å².